The van der Waals surface area contributed by atoms with Gasteiger partial charge in [-0.15, -0.1) is 0 Å². The molecule has 0 aromatic heterocycles. The van der Waals surface area contributed by atoms with Crippen LogP contribution < -0.4 is 24.8 Å². The topological polar surface area (TPSA) is 68.8 Å². The van der Waals surface area contributed by atoms with Crippen LogP contribution in [0.4, 0.5) is 5.69 Å². The molecule has 6 nitrogen and oxygen atoms in total. The number of carbonyl (C=O) groups excluding carboxylic acids is 1. The molecule has 1 amide bonds. The Morgan fingerprint density at radius 3 is 2.40 bits per heavy atom. The van der Waals surface area contributed by atoms with Crippen LogP contribution in [0, 0.1) is 0 Å². The molecule has 0 atom stereocenters. The minimum absolute atomic E-state index is 0.135. The molecule has 25 heavy (non-hydrogen) atoms. The number of hydrogen-bond acceptors (Lipinski definition) is 5. The molecule has 132 valence electrons. The summed E-state index contributed by atoms with van der Waals surface area (Å²) >= 11 is 8.48. The van der Waals surface area contributed by atoms with Crippen molar-refractivity contribution in [3.8, 4) is 17.2 Å². The number of benzene rings is 2. The first-order valence-electron chi connectivity index (χ1n) is 7.23. The summed E-state index contributed by atoms with van der Waals surface area (Å²) in [5.41, 5.74) is 0.584. The summed E-state index contributed by atoms with van der Waals surface area (Å²) in [6.07, 6.45) is 0. The maximum atomic E-state index is 11.9. The molecule has 2 N–H and O–H groups in total. The molecule has 0 spiro atoms. The van der Waals surface area contributed by atoms with Crippen LogP contribution in [0.5, 0.6) is 17.2 Å². The Kier molecular flexibility index (Phi) is 7.03. The third-order valence-corrected chi connectivity index (χ3v) is 3.82. The number of ether oxygens (including phenoxy) is 3. The first-order chi connectivity index (χ1) is 12.0. The average molecular weight is 425 g/mol. The van der Waals surface area contributed by atoms with Gasteiger partial charge < -0.3 is 19.5 Å². The molecule has 0 saturated heterocycles. The number of carbonyl (C=O) groups is 1. The van der Waals surface area contributed by atoms with Crippen LogP contribution in [0.15, 0.2) is 46.9 Å². The van der Waals surface area contributed by atoms with Crippen molar-refractivity contribution in [1.82, 2.24) is 5.32 Å². The molecule has 2 aromatic carbocycles. The smallest absolute Gasteiger partial charge is 0.264 e. The Morgan fingerprint density at radius 2 is 1.76 bits per heavy atom. The minimum Gasteiger partial charge on any atom is -0.497 e. The Hall–Kier alpha value is -2.32. The number of thiocarbonyl (C=S) groups is 1. The molecule has 0 heterocycles. The molecule has 0 saturated carbocycles. The maximum absolute atomic E-state index is 11.9. The molecule has 0 unspecified atom stereocenters. The number of rotatable bonds is 6. The lowest BCUT2D eigenvalue weighted by molar-refractivity contribution is -0.121. The predicted octanol–water partition coefficient (Wildman–Crippen LogP) is 3.36. The highest BCUT2D eigenvalue weighted by atomic mass is 79.9. The number of halogens is 1. The van der Waals surface area contributed by atoms with Crippen LogP contribution in [0.2, 0.25) is 0 Å². The quantitative estimate of drug-likeness (QED) is 0.692. The Labute approximate surface area is 159 Å². The van der Waals surface area contributed by atoms with E-state index in [4.69, 9.17) is 26.4 Å². The Balaban J connectivity index is 1.89. The number of amides is 1. The monoisotopic (exact) mass is 424 g/mol. The molecule has 0 aliphatic heterocycles. The van der Waals surface area contributed by atoms with Gasteiger partial charge in [0.25, 0.3) is 5.91 Å². The van der Waals surface area contributed by atoms with Gasteiger partial charge in [0.1, 0.15) is 17.2 Å². The number of methoxy groups -OCH3 is 2. The van der Waals surface area contributed by atoms with Gasteiger partial charge >= 0.3 is 0 Å². The van der Waals surface area contributed by atoms with Crippen molar-refractivity contribution in [2.24, 2.45) is 0 Å². The molecular formula is C17H17BrN2O4S. The van der Waals surface area contributed by atoms with E-state index in [1.807, 2.05) is 12.1 Å². The summed E-state index contributed by atoms with van der Waals surface area (Å²) < 4.78 is 16.7. The third kappa shape index (κ3) is 5.91. The summed E-state index contributed by atoms with van der Waals surface area (Å²) in [6, 6.07) is 12.4. The van der Waals surface area contributed by atoms with E-state index in [1.54, 1.807) is 44.6 Å². The maximum Gasteiger partial charge on any atom is 0.264 e. The van der Waals surface area contributed by atoms with E-state index in [0.29, 0.717) is 22.9 Å². The molecule has 0 fully saturated rings. The van der Waals surface area contributed by atoms with Gasteiger partial charge in [0.15, 0.2) is 11.7 Å². The SMILES string of the molecule is COc1ccc(OC)c(NC(=S)NC(=O)COc2ccc(Br)cc2)c1. The van der Waals surface area contributed by atoms with Crippen LogP contribution in [0.1, 0.15) is 0 Å². The Morgan fingerprint density at radius 1 is 1.08 bits per heavy atom. The van der Waals surface area contributed by atoms with E-state index in [0.717, 1.165) is 4.47 Å². The van der Waals surface area contributed by atoms with Crippen molar-refractivity contribution < 1.29 is 19.0 Å². The van der Waals surface area contributed by atoms with E-state index < -0.39 is 0 Å². The van der Waals surface area contributed by atoms with Gasteiger partial charge in [-0.25, -0.2) is 0 Å². The van der Waals surface area contributed by atoms with Crippen LogP contribution in [-0.4, -0.2) is 31.8 Å². The van der Waals surface area contributed by atoms with Crippen molar-refractivity contribution in [3.05, 3.63) is 46.9 Å². The van der Waals surface area contributed by atoms with Crippen LogP contribution >= 0.6 is 28.1 Å². The minimum atomic E-state index is -0.373. The van der Waals surface area contributed by atoms with E-state index in [-0.39, 0.29) is 17.6 Å². The zero-order valence-electron chi connectivity index (χ0n) is 13.7. The lowest BCUT2D eigenvalue weighted by Crippen LogP contribution is -2.37. The summed E-state index contributed by atoms with van der Waals surface area (Å²) in [4.78, 5) is 11.9. The van der Waals surface area contributed by atoms with Crippen molar-refractivity contribution >= 4 is 44.9 Å². The number of hydrogen-bond donors (Lipinski definition) is 2. The predicted molar refractivity (Wildman–Crippen MR) is 104 cm³/mol. The molecule has 0 bridgehead atoms. The number of nitrogens with one attached hydrogen (secondary N) is 2. The fourth-order valence-electron chi connectivity index (χ4n) is 1.91. The lowest BCUT2D eigenvalue weighted by Gasteiger charge is -2.14. The van der Waals surface area contributed by atoms with Crippen molar-refractivity contribution in [3.63, 3.8) is 0 Å². The second-order valence-corrected chi connectivity index (χ2v) is 6.14. The highest BCUT2D eigenvalue weighted by Crippen LogP contribution is 2.28. The first-order valence-corrected chi connectivity index (χ1v) is 8.43. The first kappa shape index (κ1) is 19.0. The molecule has 2 aromatic rings. The van der Waals surface area contributed by atoms with Crippen molar-refractivity contribution in [2.45, 2.75) is 0 Å². The van der Waals surface area contributed by atoms with Crippen LogP contribution in [-0.2, 0) is 4.79 Å². The second-order valence-electron chi connectivity index (χ2n) is 4.81. The van der Waals surface area contributed by atoms with E-state index in [1.165, 1.54) is 0 Å². The van der Waals surface area contributed by atoms with Crippen molar-refractivity contribution in [1.29, 1.82) is 0 Å². The fraction of sp³-hybridized carbons (Fsp3) is 0.176. The van der Waals surface area contributed by atoms with Crippen LogP contribution in [0.3, 0.4) is 0 Å². The van der Waals surface area contributed by atoms with Crippen LogP contribution in [0.25, 0.3) is 0 Å². The van der Waals surface area contributed by atoms with Gasteiger partial charge in [0, 0.05) is 10.5 Å². The van der Waals surface area contributed by atoms with Gasteiger partial charge in [0.05, 0.1) is 19.9 Å². The molecule has 0 aliphatic rings. The fourth-order valence-corrected chi connectivity index (χ4v) is 2.40. The highest BCUT2D eigenvalue weighted by molar-refractivity contribution is 9.10. The second kappa shape index (κ2) is 9.24. The van der Waals surface area contributed by atoms with E-state index in [9.17, 15) is 4.79 Å². The average Bonchev–Trinajstić information content (AvgIpc) is 2.61. The zero-order chi connectivity index (χ0) is 18.2. The van der Waals surface area contributed by atoms with Gasteiger partial charge in [-0.1, -0.05) is 15.9 Å². The summed E-state index contributed by atoms with van der Waals surface area (Å²) in [7, 11) is 3.10. The molecule has 0 radical (unpaired) electrons. The summed E-state index contributed by atoms with van der Waals surface area (Å²) in [5, 5.41) is 5.59. The van der Waals surface area contributed by atoms with E-state index in [2.05, 4.69) is 26.6 Å². The van der Waals surface area contributed by atoms with Gasteiger partial charge in [0.2, 0.25) is 0 Å². The Bertz CT molecular complexity index is 753. The van der Waals surface area contributed by atoms with E-state index >= 15 is 0 Å². The van der Waals surface area contributed by atoms with Gasteiger partial charge in [-0.3, -0.25) is 10.1 Å². The van der Waals surface area contributed by atoms with Gasteiger partial charge in [-0.05, 0) is 48.6 Å². The molecular weight excluding hydrogens is 408 g/mol. The normalized spacial score (nSPS) is 9.88. The van der Waals surface area contributed by atoms with Gasteiger partial charge in [-0.2, -0.15) is 0 Å². The standard InChI is InChI=1S/C17H17BrN2O4S/c1-22-13-7-8-15(23-2)14(9-13)19-17(25)20-16(21)10-24-12-5-3-11(18)4-6-12/h3-9H,10H2,1-2H3,(H2,19,20,21,25). The lowest BCUT2D eigenvalue weighted by atomic mass is 10.2. The molecule has 8 heteroatoms. The molecule has 0 aliphatic carbocycles. The zero-order valence-corrected chi connectivity index (χ0v) is 16.1. The largest absolute Gasteiger partial charge is 0.497 e. The summed E-state index contributed by atoms with van der Waals surface area (Å²) in [6.45, 7) is -0.154. The molecule has 2 rings (SSSR count). The number of anilines is 1. The van der Waals surface area contributed by atoms with Crippen molar-refractivity contribution in [2.75, 3.05) is 26.1 Å². The highest BCUT2D eigenvalue weighted by Gasteiger charge is 2.10. The third-order valence-electron chi connectivity index (χ3n) is 3.09. The summed E-state index contributed by atoms with van der Waals surface area (Å²) in [5.74, 6) is 1.42.